The Balaban J connectivity index is 0.000000830. The molecular weight excluding hydrogens is 456 g/mol. The van der Waals surface area contributed by atoms with Gasteiger partial charge in [-0.1, -0.05) is 49.4 Å². The van der Waals surface area contributed by atoms with E-state index in [0.29, 0.717) is 31.7 Å². The number of benzene rings is 3. The van der Waals surface area contributed by atoms with Crippen LogP contribution in [0.1, 0.15) is 46.0 Å². The molecule has 0 aliphatic rings. The Morgan fingerprint density at radius 3 is 2.42 bits per heavy atom. The number of aromatic hydroxyl groups is 1. The number of aryl methyl sites for hydroxylation is 3. The van der Waals surface area contributed by atoms with Gasteiger partial charge >= 0.3 is 0 Å². The predicted molar refractivity (Wildman–Crippen MR) is 142 cm³/mol. The Labute approximate surface area is 213 Å². The third kappa shape index (κ3) is 8.83. The van der Waals surface area contributed by atoms with Crippen molar-refractivity contribution < 1.29 is 24.5 Å². The van der Waals surface area contributed by atoms with E-state index in [1.54, 1.807) is 19.2 Å². The summed E-state index contributed by atoms with van der Waals surface area (Å²) in [5, 5.41) is 23.8. The highest BCUT2D eigenvalue weighted by Gasteiger charge is 2.15. The predicted octanol–water partition coefficient (Wildman–Crippen LogP) is 4.31. The number of hydrogen-bond donors (Lipinski definition) is 4. The fourth-order valence-corrected chi connectivity index (χ4v) is 3.57. The smallest absolute Gasteiger partial charge is 0.255 e. The van der Waals surface area contributed by atoms with E-state index in [4.69, 9.17) is 9.84 Å². The third-order valence-corrected chi connectivity index (χ3v) is 5.43. The van der Waals surface area contributed by atoms with Crippen LogP contribution in [0.15, 0.2) is 60.7 Å². The average molecular weight is 493 g/mol. The Hall–Kier alpha value is -3.68. The molecule has 192 valence electrons. The molecule has 0 bridgehead atoms. The molecule has 0 fully saturated rings. The fourth-order valence-electron chi connectivity index (χ4n) is 3.57. The number of rotatable bonds is 11. The van der Waals surface area contributed by atoms with Gasteiger partial charge in [0, 0.05) is 19.5 Å². The van der Waals surface area contributed by atoms with Gasteiger partial charge in [-0.2, -0.15) is 0 Å². The number of aliphatic hydroxyl groups excluding tert-OH is 1. The average Bonchev–Trinajstić information content (AvgIpc) is 2.89. The largest absolute Gasteiger partial charge is 0.507 e. The summed E-state index contributed by atoms with van der Waals surface area (Å²) in [5.74, 6) is 0.734. The number of carbonyl (C=O) groups is 2. The quantitative estimate of drug-likeness (QED) is 0.297. The number of carbonyl (C=O) groups excluding carboxylic acids is 2. The van der Waals surface area contributed by atoms with Gasteiger partial charge in [-0.05, 0) is 67.3 Å². The Morgan fingerprint density at radius 1 is 1.06 bits per heavy atom. The number of amides is 1. The maximum Gasteiger partial charge on any atom is 0.255 e. The molecule has 0 atom stereocenters. The van der Waals surface area contributed by atoms with Crippen molar-refractivity contribution in [2.75, 3.05) is 20.2 Å². The van der Waals surface area contributed by atoms with E-state index in [2.05, 4.69) is 16.7 Å². The monoisotopic (exact) mass is 492 g/mol. The van der Waals surface area contributed by atoms with Gasteiger partial charge in [0.2, 0.25) is 0 Å². The molecule has 0 saturated carbocycles. The van der Waals surface area contributed by atoms with E-state index in [1.165, 1.54) is 6.07 Å². The van der Waals surface area contributed by atoms with Crippen molar-refractivity contribution in [3.63, 3.8) is 0 Å². The molecule has 0 aliphatic heterocycles. The number of hydrogen-bond acceptors (Lipinski definition) is 6. The van der Waals surface area contributed by atoms with E-state index < -0.39 is 0 Å². The number of phenols is 1. The number of ether oxygens (including phenoxy) is 1. The molecule has 36 heavy (non-hydrogen) atoms. The van der Waals surface area contributed by atoms with Crippen molar-refractivity contribution in [3.8, 4) is 17.2 Å². The van der Waals surface area contributed by atoms with Crippen molar-refractivity contribution in [2.45, 2.75) is 39.7 Å². The molecule has 1 amide bonds. The maximum absolute atomic E-state index is 12.6. The summed E-state index contributed by atoms with van der Waals surface area (Å²) < 4.78 is 6.14. The van der Waals surface area contributed by atoms with Crippen molar-refractivity contribution in [1.29, 1.82) is 0 Å². The van der Waals surface area contributed by atoms with Crippen LogP contribution in [0.25, 0.3) is 0 Å². The minimum absolute atomic E-state index is 0.102. The van der Waals surface area contributed by atoms with Crippen molar-refractivity contribution in [1.82, 2.24) is 10.6 Å². The van der Waals surface area contributed by atoms with Crippen molar-refractivity contribution in [2.24, 2.45) is 0 Å². The first-order chi connectivity index (χ1) is 17.4. The van der Waals surface area contributed by atoms with E-state index >= 15 is 0 Å². The Bertz CT molecular complexity index is 1110. The minimum atomic E-state index is -0.372. The van der Waals surface area contributed by atoms with Crippen LogP contribution in [0.5, 0.6) is 17.2 Å². The molecule has 7 heteroatoms. The molecule has 0 saturated heterocycles. The zero-order valence-electron chi connectivity index (χ0n) is 21.2. The highest BCUT2D eigenvalue weighted by molar-refractivity contribution is 5.97. The van der Waals surface area contributed by atoms with Gasteiger partial charge < -0.3 is 30.4 Å². The van der Waals surface area contributed by atoms with Crippen LogP contribution in [0.3, 0.4) is 0 Å². The minimum Gasteiger partial charge on any atom is -0.507 e. The number of nitrogens with one attached hydrogen (secondary N) is 2. The Morgan fingerprint density at radius 2 is 1.81 bits per heavy atom. The number of aliphatic hydroxyl groups is 1. The zero-order valence-corrected chi connectivity index (χ0v) is 21.2. The van der Waals surface area contributed by atoms with Gasteiger partial charge in [0.25, 0.3) is 5.91 Å². The van der Waals surface area contributed by atoms with Crippen molar-refractivity contribution >= 4 is 12.2 Å². The summed E-state index contributed by atoms with van der Waals surface area (Å²) >= 11 is 0. The van der Waals surface area contributed by atoms with Crippen LogP contribution in [0.4, 0.5) is 0 Å². The lowest BCUT2D eigenvalue weighted by atomic mass is 10.00. The SMILES string of the molecule is CCc1cc(CCC=O)cc(C)c1Oc1ccc(O)c(C(=O)NCc2ccccc2)c1.CNCCO. The van der Waals surface area contributed by atoms with Crippen LogP contribution in [0.2, 0.25) is 0 Å². The van der Waals surface area contributed by atoms with Crippen LogP contribution in [0, 0.1) is 6.92 Å². The molecule has 3 aromatic carbocycles. The molecule has 0 aliphatic carbocycles. The van der Waals surface area contributed by atoms with E-state index in [9.17, 15) is 14.7 Å². The summed E-state index contributed by atoms with van der Waals surface area (Å²) in [4.78, 5) is 23.3. The maximum atomic E-state index is 12.6. The standard InChI is InChI=1S/C26H27NO4.C3H9NO/c1-3-21-15-20(10-7-13-28)14-18(2)25(21)31-22-11-12-24(29)23(16-22)26(30)27-17-19-8-5-4-6-9-19;1-4-2-3-5/h4-6,8-9,11-16,29H,3,7,10,17H2,1-2H3,(H,27,30);4-5H,2-3H2,1H3. The first-order valence-electron chi connectivity index (χ1n) is 12.1. The first kappa shape index (κ1) is 28.6. The highest BCUT2D eigenvalue weighted by atomic mass is 16.5. The van der Waals surface area contributed by atoms with Gasteiger partial charge in [0.1, 0.15) is 23.5 Å². The van der Waals surface area contributed by atoms with Crippen LogP contribution < -0.4 is 15.4 Å². The van der Waals surface area contributed by atoms with E-state index in [1.807, 2.05) is 50.2 Å². The summed E-state index contributed by atoms with van der Waals surface area (Å²) in [6.07, 6.45) is 2.88. The molecule has 3 aromatic rings. The van der Waals surface area contributed by atoms with Crippen LogP contribution in [-0.4, -0.2) is 42.6 Å². The number of aldehydes is 1. The lowest BCUT2D eigenvalue weighted by molar-refractivity contribution is -0.107. The summed E-state index contributed by atoms with van der Waals surface area (Å²) in [5.41, 5.74) is 4.22. The van der Waals surface area contributed by atoms with Gasteiger partial charge in [-0.15, -0.1) is 0 Å². The Kier molecular flexibility index (Phi) is 12.2. The van der Waals surface area contributed by atoms with E-state index in [-0.39, 0.29) is 23.8 Å². The third-order valence-electron chi connectivity index (χ3n) is 5.43. The fraction of sp³-hybridized carbons (Fsp3) is 0.310. The highest BCUT2D eigenvalue weighted by Crippen LogP contribution is 2.33. The number of phenolic OH excluding ortho intramolecular Hbond substituents is 1. The summed E-state index contributed by atoms with van der Waals surface area (Å²) in [6, 6.07) is 18.3. The van der Waals surface area contributed by atoms with Gasteiger partial charge in [0.15, 0.2) is 0 Å². The molecule has 0 heterocycles. The van der Waals surface area contributed by atoms with Gasteiger partial charge in [0.05, 0.1) is 12.2 Å². The molecule has 0 spiro atoms. The van der Waals surface area contributed by atoms with Gasteiger partial charge in [-0.3, -0.25) is 4.79 Å². The molecule has 0 unspecified atom stereocenters. The second-order valence-corrected chi connectivity index (χ2v) is 8.24. The second-order valence-electron chi connectivity index (χ2n) is 8.24. The summed E-state index contributed by atoms with van der Waals surface area (Å²) in [6.45, 7) is 5.30. The van der Waals surface area contributed by atoms with E-state index in [0.717, 1.165) is 40.7 Å². The normalized spacial score (nSPS) is 10.2. The molecule has 0 radical (unpaired) electrons. The molecule has 0 aromatic heterocycles. The first-order valence-corrected chi connectivity index (χ1v) is 12.1. The molecule has 4 N–H and O–H groups in total. The zero-order chi connectivity index (χ0) is 26.3. The molecule has 3 rings (SSSR count). The topological polar surface area (TPSA) is 108 Å². The summed E-state index contributed by atoms with van der Waals surface area (Å²) in [7, 11) is 1.80. The molecule has 7 nitrogen and oxygen atoms in total. The van der Waals surface area contributed by atoms with Gasteiger partial charge in [-0.25, -0.2) is 0 Å². The van der Waals surface area contributed by atoms with Crippen LogP contribution in [-0.2, 0) is 24.2 Å². The molecular formula is C29H36N2O5. The lowest BCUT2D eigenvalue weighted by Gasteiger charge is -2.16. The lowest BCUT2D eigenvalue weighted by Crippen LogP contribution is -2.22. The van der Waals surface area contributed by atoms with Crippen LogP contribution >= 0.6 is 0 Å². The van der Waals surface area contributed by atoms with Crippen molar-refractivity contribution in [3.05, 3.63) is 88.5 Å². The number of likely N-dealkylation sites (N-methyl/N-ethyl adjacent to an activating group) is 1. The second kappa shape index (κ2) is 15.3.